The maximum atomic E-state index is 6.47. The molecular weight excluding hydrogens is 466 g/mol. The van der Waals surface area contributed by atoms with Crippen LogP contribution in [0.15, 0.2) is 42.5 Å². The number of morpholine rings is 1. The van der Waals surface area contributed by atoms with Gasteiger partial charge in [0.1, 0.15) is 17.2 Å². The van der Waals surface area contributed by atoms with Crippen LogP contribution in [0, 0.1) is 0 Å². The van der Waals surface area contributed by atoms with Crippen LogP contribution in [0.2, 0.25) is 0 Å². The molecule has 4 heterocycles. The van der Waals surface area contributed by atoms with Gasteiger partial charge in [0, 0.05) is 23.9 Å². The molecule has 1 N–H and O–H groups in total. The Balaban J connectivity index is 1.25. The van der Waals surface area contributed by atoms with Gasteiger partial charge in [0.15, 0.2) is 5.82 Å². The summed E-state index contributed by atoms with van der Waals surface area (Å²) < 4.78 is 17.9. The summed E-state index contributed by atoms with van der Waals surface area (Å²) in [7, 11) is 0. The van der Waals surface area contributed by atoms with E-state index in [2.05, 4.69) is 29.0 Å². The molecule has 1 saturated carbocycles. The van der Waals surface area contributed by atoms with Gasteiger partial charge in [0.2, 0.25) is 11.8 Å². The van der Waals surface area contributed by atoms with Crippen molar-refractivity contribution in [3.05, 3.63) is 48.0 Å². The summed E-state index contributed by atoms with van der Waals surface area (Å²) in [6.45, 7) is 7.26. The fraction of sp³-hybridized carbons (Fsp3) is 0.483. The van der Waals surface area contributed by atoms with Gasteiger partial charge in [-0.3, -0.25) is 0 Å². The van der Waals surface area contributed by atoms with E-state index in [0.29, 0.717) is 31.5 Å². The van der Waals surface area contributed by atoms with Gasteiger partial charge in [-0.25, -0.2) is 4.98 Å². The van der Waals surface area contributed by atoms with Gasteiger partial charge in [-0.1, -0.05) is 19.4 Å². The summed E-state index contributed by atoms with van der Waals surface area (Å²) in [6.07, 6.45) is 6.37. The van der Waals surface area contributed by atoms with E-state index < -0.39 is 0 Å². The number of pyridine rings is 1. The molecule has 0 bridgehead atoms. The zero-order valence-corrected chi connectivity index (χ0v) is 21.7. The summed E-state index contributed by atoms with van der Waals surface area (Å²) >= 11 is 0. The highest BCUT2D eigenvalue weighted by atomic mass is 16.5. The standard InChI is InChI=1S/C29H35N5O3/c1-3-4-17-36-25-7-5-6-24(31-25)30-22-10-8-21(9-11-22)26-32-27(34-16-18-35-19-20(34)2)23-12-13-29(14-15-29)37-28(23)33-26/h5-11,20H,3-4,12-19H2,1-2H3,(H,30,31)/t20-/m0/s1. The van der Waals surface area contributed by atoms with E-state index >= 15 is 0 Å². The molecule has 8 nitrogen and oxygen atoms in total. The van der Waals surface area contributed by atoms with E-state index in [1.54, 1.807) is 0 Å². The second kappa shape index (κ2) is 10.2. The first-order valence-electron chi connectivity index (χ1n) is 13.5. The number of unbranched alkanes of at least 4 members (excludes halogenated alkanes) is 1. The Labute approximate surface area is 218 Å². The fourth-order valence-corrected chi connectivity index (χ4v) is 5.00. The molecule has 8 heteroatoms. The number of aromatic nitrogens is 3. The molecule has 37 heavy (non-hydrogen) atoms. The molecule has 1 aliphatic carbocycles. The summed E-state index contributed by atoms with van der Waals surface area (Å²) in [6, 6.07) is 14.2. The Morgan fingerprint density at radius 1 is 1.08 bits per heavy atom. The normalized spacial score (nSPS) is 19.7. The molecule has 6 rings (SSSR count). The van der Waals surface area contributed by atoms with Crippen molar-refractivity contribution in [2.24, 2.45) is 0 Å². The molecule has 2 aromatic heterocycles. The molecule has 3 aliphatic rings. The van der Waals surface area contributed by atoms with Gasteiger partial charge in [-0.2, -0.15) is 9.97 Å². The van der Waals surface area contributed by atoms with E-state index in [0.717, 1.165) is 79.4 Å². The van der Waals surface area contributed by atoms with Crippen molar-refractivity contribution in [3.8, 4) is 23.1 Å². The summed E-state index contributed by atoms with van der Waals surface area (Å²) in [5, 5.41) is 3.37. The van der Waals surface area contributed by atoms with Crippen LogP contribution in [-0.2, 0) is 11.2 Å². The quantitative estimate of drug-likeness (QED) is 0.403. The molecule has 2 fully saturated rings. The molecule has 1 spiro atoms. The first-order valence-corrected chi connectivity index (χ1v) is 13.5. The van der Waals surface area contributed by atoms with Gasteiger partial charge in [-0.05, 0) is 69.4 Å². The number of benzene rings is 1. The number of nitrogens with one attached hydrogen (secondary N) is 1. The molecular formula is C29H35N5O3. The third-order valence-electron chi connectivity index (χ3n) is 7.43. The van der Waals surface area contributed by atoms with Crippen LogP contribution in [0.25, 0.3) is 11.4 Å². The molecule has 0 unspecified atom stereocenters. The molecule has 1 saturated heterocycles. The fourth-order valence-electron chi connectivity index (χ4n) is 5.00. The van der Waals surface area contributed by atoms with Crippen molar-refractivity contribution in [1.82, 2.24) is 15.0 Å². The van der Waals surface area contributed by atoms with Crippen LogP contribution < -0.4 is 19.7 Å². The van der Waals surface area contributed by atoms with Crippen LogP contribution >= 0.6 is 0 Å². The average molecular weight is 502 g/mol. The van der Waals surface area contributed by atoms with Crippen LogP contribution in [-0.4, -0.2) is 53.0 Å². The zero-order chi connectivity index (χ0) is 25.2. The second-order valence-electron chi connectivity index (χ2n) is 10.3. The topological polar surface area (TPSA) is 81.6 Å². The number of fused-ring (bicyclic) bond motifs is 1. The average Bonchev–Trinajstić information content (AvgIpc) is 3.67. The SMILES string of the molecule is CCCCOc1cccc(Nc2ccc(-c3nc4c(c(N5CCOC[C@@H]5C)n3)CCC3(CC3)O4)cc2)n1. The van der Waals surface area contributed by atoms with Crippen molar-refractivity contribution in [2.45, 2.75) is 64.0 Å². The Bertz CT molecular complexity index is 1240. The number of hydrogen-bond donors (Lipinski definition) is 1. The number of nitrogens with zero attached hydrogens (tertiary/aromatic N) is 4. The van der Waals surface area contributed by atoms with Crippen LogP contribution in [0.3, 0.4) is 0 Å². The summed E-state index contributed by atoms with van der Waals surface area (Å²) in [5.74, 6) is 3.83. The molecule has 1 aromatic carbocycles. The lowest BCUT2D eigenvalue weighted by Gasteiger charge is -2.37. The van der Waals surface area contributed by atoms with E-state index in [-0.39, 0.29) is 11.6 Å². The largest absolute Gasteiger partial charge is 0.478 e. The zero-order valence-electron chi connectivity index (χ0n) is 21.7. The molecule has 194 valence electrons. The maximum Gasteiger partial charge on any atom is 0.222 e. The number of ether oxygens (including phenoxy) is 3. The molecule has 1 atom stereocenters. The predicted molar refractivity (Wildman–Crippen MR) is 144 cm³/mol. The highest BCUT2D eigenvalue weighted by molar-refractivity contribution is 5.67. The maximum absolute atomic E-state index is 6.47. The van der Waals surface area contributed by atoms with Gasteiger partial charge >= 0.3 is 0 Å². The second-order valence-corrected chi connectivity index (χ2v) is 10.3. The Hall–Kier alpha value is -3.39. The minimum Gasteiger partial charge on any atom is -0.478 e. The third kappa shape index (κ3) is 5.21. The third-order valence-corrected chi connectivity index (χ3v) is 7.43. The van der Waals surface area contributed by atoms with Gasteiger partial charge in [-0.15, -0.1) is 0 Å². The van der Waals surface area contributed by atoms with Gasteiger partial charge in [0.05, 0.1) is 31.4 Å². The van der Waals surface area contributed by atoms with Crippen LogP contribution in [0.5, 0.6) is 11.8 Å². The van der Waals surface area contributed by atoms with E-state index in [1.807, 2.05) is 42.5 Å². The lowest BCUT2D eigenvalue weighted by molar-refractivity contribution is 0.0978. The molecule has 0 radical (unpaired) electrons. The minimum absolute atomic E-state index is 0.00207. The lowest BCUT2D eigenvalue weighted by Crippen LogP contribution is -2.45. The van der Waals surface area contributed by atoms with Gasteiger partial charge < -0.3 is 24.4 Å². The molecule has 3 aromatic rings. The molecule has 0 amide bonds. The molecule has 2 aliphatic heterocycles. The Morgan fingerprint density at radius 3 is 2.73 bits per heavy atom. The van der Waals surface area contributed by atoms with Crippen molar-refractivity contribution in [3.63, 3.8) is 0 Å². The predicted octanol–water partition coefficient (Wildman–Crippen LogP) is 5.54. The number of anilines is 3. The number of rotatable bonds is 8. The first kappa shape index (κ1) is 24.0. The summed E-state index contributed by atoms with van der Waals surface area (Å²) in [4.78, 5) is 16.9. The Morgan fingerprint density at radius 2 is 1.95 bits per heavy atom. The monoisotopic (exact) mass is 501 g/mol. The van der Waals surface area contributed by atoms with E-state index in [1.165, 1.54) is 0 Å². The van der Waals surface area contributed by atoms with Crippen molar-refractivity contribution in [2.75, 3.05) is 36.6 Å². The van der Waals surface area contributed by atoms with Crippen molar-refractivity contribution < 1.29 is 14.2 Å². The minimum atomic E-state index is 0.00207. The van der Waals surface area contributed by atoms with Crippen molar-refractivity contribution in [1.29, 1.82) is 0 Å². The smallest absolute Gasteiger partial charge is 0.222 e. The van der Waals surface area contributed by atoms with Gasteiger partial charge in [0.25, 0.3) is 0 Å². The highest BCUT2D eigenvalue weighted by Crippen LogP contribution is 2.49. The highest BCUT2D eigenvalue weighted by Gasteiger charge is 2.49. The van der Waals surface area contributed by atoms with E-state index in [4.69, 9.17) is 24.2 Å². The number of hydrogen-bond acceptors (Lipinski definition) is 8. The van der Waals surface area contributed by atoms with E-state index in [9.17, 15) is 0 Å². The summed E-state index contributed by atoms with van der Waals surface area (Å²) in [5.41, 5.74) is 3.04. The van der Waals surface area contributed by atoms with Crippen LogP contribution in [0.4, 0.5) is 17.3 Å². The Kier molecular flexibility index (Phi) is 6.59. The van der Waals surface area contributed by atoms with Crippen LogP contribution in [0.1, 0.15) is 51.5 Å². The van der Waals surface area contributed by atoms with Crippen molar-refractivity contribution >= 4 is 17.3 Å². The lowest BCUT2D eigenvalue weighted by atomic mass is 10.0. The first-order chi connectivity index (χ1) is 18.1.